The quantitative estimate of drug-likeness (QED) is 0.763. The molecule has 2 saturated carbocycles. The van der Waals surface area contributed by atoms with E-state index in [1.807, 2.05) is 4.90 Å². The number of hydrogen-bond acceptors (Lipinski definition) is 2. The molecule has 0 bridgehead atoms. The summed E-state index contributed by atoms with van der Waals surface area (Å²) in [5, 5.41) is 3.01. The van der Waals surface area contributed by atoms with Crippen LogP contribution in [-0.4, -0.2) is 35.3 Å². The predicted molar refractivity (Wildman–Crippen MR) is 58.6 cm³/mol. The van der Waals surface area contributed by atoms with Crippen molar-refractivity contribution in [1.82, 2.24) is 10.2 Å². The van der Waals surface area contributed by atoms with Gasteiger partial charge in [-0.1, -0.05) is 0 Å². The van der Waals surface area contributed by atoms with Crippen molar-refractivity contribution in [2.75, 3.05) is 6.54 Å². The van der Waals surface area contributed by atoms with Crippen molar-refractivity contribution in [1.29, 1.82) is 0 Å². The van der Waals surface area contributed by atoms with Crippen LogP contribution in [0, 0.1) is 5.92 Å². The summed E-state index contributed by atoms with van der Waals surface area (Å²) in [5.74, 6) is 0.525. The van der Waals surface area contributed by atoms with Gasteiger partial charge in [0.15, 0.2) is 0 Å². The number of likely N-dealkylation sites (tertiary alicyclic amines) is 1. The number of carbonyl (C=O) groups is 2. The van der Waals surface area contributed by atoms with Crippen molar-refractivity contribution >= 4 is 11.8 Å². The van der Waals surface area contributed by atoms with Crippen LogP contribution in [0.1, 0.15) is 38.5 Å². The molecule has 4 heteroatoms. The largest absolute Gasteiger partial charge is 0.352 e. The monoisotopic (exact) mass is 222 g/mol. The second-order valence-electron chi connectivity index (χ2n) is 5.25. The summed E-state index contributed by atoms with van der Waals surface area (Å²) >= 11 is 0. The third-order valence-electron chi connectivity index (χ3n) is 3.69. The van der Waals surface area contributed by atoms with E-state index in [0.717, 1.165) is 45.1 Å². The summed E-state index contributed by atoms with van der Waals surface area (Å²) in [6, 6.07) is 0.222. The van der Waals surface area contributed by atoms with Crippen LogP contribution in [0.3, 0.4) is 0 Å². The first kappa shape index (κ1) is 10.1. The van der Waals surface area contributed by atoms with Gasteiger partial charge in [-0.15, -0.1) is 0 Å². The maximum absolute atomic E-state index is 12.0. The summed E-state index contributed by atoms with van der Waals surface area (Å²) in [4.78, 5) is 25.7. The van der Waals surface area contributed by atoms with E-state index in [-0.39, 0.29) is 23.8 Å². The van der Waals surface area contributed by atoms with Gasteiger partial charge in [-0.3, -0.25) is 9.59 Å². The lowest BCUT2D eigenvalue weighted by molar-refractivity contribution is -0.139. The average molecular weight is 222 g/mol. The molecule has 1 N–H and O–H groups in total. The second kappa shape index (κ2) is 3.75. The van der Waals surface area contributed by atoms with Gasteiger partial charge in [-0.2, -0.15) is 0 Å². The van der Waals surface area contributed by atoms with Crippen LogP contribution in [0.15, 0.2) is 0 Å². The fourth-order valence-corrected chi connectivity index (χ4v) is 2.39. The minimum atomic E-state index is -0.173. The average Bonchev–Trinajstić information content (AvgIpc) is 3.17. The molecule has 1 atom stereocenters. The van der Waals surface area contributed by atoms with Gasteiger partial charge < -0.3 is 10.2 Å². The van der Waals surface area contributed by atoms with Crippen molar-refractivity contribution in [2.24, 2.45) is 5.92 Å². The molecule has 2 aliphatic carbocycles. The molecule has 1 unspecified atom stereocenters. The van der Waals surface area contributed by atoms with E-state index in [0.29, 0.717) is 6.04 Å². The molecule has 1 aliphatic heterocycles. The number of nitrogens with zero attached hydrogens (tertiary/aromatic N) is 1. The molecule has 0 spiro atoms. The van der Waals surface area contributed by atoms with Gasteiger partial charge in [0.05, 0.1) is 0 Å². The normalized spacial score (nSPS) is 29.2. The Morgan fingerprint density at radius 2 is 1.81 bits per heavy atom. The van der Waals surface area contributed by atoms with Crippen LogP contribution >= 0.6 is 0 Å². The minimum Gasteiger partial charge on any atom is -0.352 e. The number of carbonyl (C=O) groups excluding carboxylic acids is 2. The summed E-state index contributed by atoms with van der Waals surface area (Å²) in [6.45, 7) is 0.776. The number of nitrogens with one attached hydrogen (secondary N) is 1. The first-order valence-corrected chi connectivity index (χ1v) is 6.36. The molecule has 1 heterocycles. The van der Waals surface area contributed by atoms with Crippen molar-refractivity contribution in [3.8, 4) is 0 Å². The SMILES string of the molecule is O=C(NC1CC1)C1CCCN1C(=O)C1CC1. The third kappa shape index (κ3) is 1.93. The van der Waals surface area contributed by atoms with E-state index >= 15 is 0 Å². The van der Waals surface area contributed by atoms with Crippen molar-refractivity contribution in [3.05, 3.63) is 0 Å². The van der Waals surface area contributed by atoms with Gasteiger partial charge in [0, 0.05) is 18.5 Å². The highest BCUT2D eigenvalue weighted by atomic mass is 16.2. The van der Waals surface area contributed by atoms with Crippen LogP contribution in [0.5, 0.6) is 0 Å². The van der Waals surface area contributed by atoms with Crippen molar-refractivity contribution in [2.45, 2.75) is 50.6 Å². The Balaban J connectivity index is 1.62. The first-order valence-electron chi connectivity index (χ1n) is 6.36. The van der Waals surface area contributed by atoms with E-state index in [2.05, 4.69) is 5.32 Å². The standard InChI is InChI=1S/C12H18N2O2/c15-11(13-9-5-6-9)10-2-1-7-14(10)12(16)8-3-4-8/h8-10H,1-7H2,(H,13,15). The Bertz CT molecular complexity index is 321. The van der Waals surface area contributed by atoms with Crippen LogP contribution in [0.4, 0.5) is 0 Å². The van der Waals surface area contributed by atoms with E-state index in [1.165, 1.54) is 0 Å². The highest BCUT2D eigenvalue weighted by molar-refractivity contribution is 5.90. The molecule has 0 aromatic carbocycles. The van der Waals surface area contributed by atoms with E-state index < -0.39 is 0 Å². The van der Waals surface area contributed by atoms with Gasteiger partial charge in [-0.25, -0.2) is 0 Å². The number of rotatable bonds is 3. The zero-order valence-corrected chi connectivity index (χ0v) is 9.45. The smallest absolute Gasteiger partial charge is 0.243 e. The fraction of sp³-hybridized carbons (Fsp3) is 0.833. The molecule has 3 rings (SSSR count). The second-order valence-corrected chi connectivity index (χ2v) is 5.25. The van der Waals surface area contributed by atoms with Gasteiger partial charge in [0.25, 0.3) is 0 Å². The van der Waals surface area contributed by atoms with Crippen molar-refractivity contribution < 1.29 is 9.59 Å². The zero-order chi connectivity index (χ0) is 11.1. The maximum Gasteiger partial charge on any atom is 0.243 e. The molecule has 3 aliphatic rings. The van der Waals surface area contributed by atoms with Crippen molar-refractivity contribution in [3.63, 3.8) is 0 Å². The van der Waals surface area contributed by atoms with Crippen LogP contribution in [0.25, 0.3) is 0 Å². The summed E-state index contributed by atoms with van der Waals surface area (Å²) < 4.78 is 0. The third-order valence-corrected chi connectivity index (χ3v) is 3.69. The van der Waals surface area contributed by atoms with Gasteiger partial charge in [0.2, 0.25) is 11.8 Å². The van der Waals surface area contributed by atoms with Gasteiger partial charge in [0.1, 0.15) is 6.04 Å². The Hall–Kier alpha value is -1.06. The molecule has 4 nitrogen and oxygen atoms in total. The van der Waals surface area contributed by atoms with E-state index in [1.54, 1.807) is 0 Å². The predicted octanol–water partition coefficient (Wildman–Crippen LogP) is 0.666. The summed E-state index contributed by atoms with van der Waals surface area (Å²) in [7, 11) is 0. The molecule has 16 heavy (non-hydrogen) atoms. The highest BCUT2D eigenvalue weighted by Crippen LogP contribution is 2.33. The lowest BCUT2D eigenvalue weighted by Gasteiger charge is -2.23. The fourth-order valence-electron chi connectivity index (χ4n) is 2.39. The zero-order valence-electron chi connectivity index (χ0n) is 9.45. The maximum atomic E-state index is 12.0. The minimum absolute atomic E-state index is 0.0778. The van der Waals surface area contributed by atoms with E-state index in [4.69, 9.17) is 0 Å². The molecule has 0 aromatic rings. The molecule has 0 radical (unpaired) electrons. The Labute approximate surface area is 95.4 Å². The molecule has 88 valence electrons. The number of hydrogen-bond donors (Lipinski definition) is 1. The molecular formula is C12H18N2O2. The Kier molecular flexibility index (Phi) is 2.37. The molecule has 0 aromatic heterocycles. The molecule has 1 saturated heterocycles. The Morgan fingerprint density at radius 3 is 2.44 bits per heavy atom. The first-order chi connectivity index (χ1) is 7.75. The molecule has 2 amide bonds. The molecular weight excluding hydrogens is 204 g/mol. The van der Waals surface area contributed by atoms with E-state index in [9.17, 15) is 9.59 Å². The van der Waals surface area contributed by atoms with Crippen LogP contribution in [0.2, 0.25) is 0 Å². The van der Waals surface area contributed by atoms with Gasteiger partial charge in [-0.05, 0) is 38.5 Å². The van der Waals surface area contributed by atoms with Crippen LogP contribution in [-0.2, 0) is 9.59 Å². The molecule has 3 fully saturated rings. The Morgan fingerprint density at radius 1 is 1.06 bits per heavy atom. The van der Waals surface area contributed by atoms with Crippen LogP contribution < -0.4 is 5.32 Å². The van der Waals surface area contributed by atoms with Gasteiger partial charge >= 0.3 is 0 Å². The highest BCUT2D eigenvalue weighted by Gasteiger charge is 2.41. The lowest BCUT2D eigenvalue weighted by atomic mass is 10.2. The topological polar surface area (TPSA) is 49.4 Å². The summed E-state index contributed by atoms with van der Waals surface area (Å²) in [5.41, 5.74) is 0. The number of amides is 2. The lowest BCUT2D eigenvalue weighted by Crippen LogP contribution is -2.47. The summed E-state index contributed by atoms with van der Waals surface area (Å²) in [6.07, 6.45) is 6.07.